The van der Waals surface area contributed by atoms with E-state index >= 15 is 0 Å². The largest absolute Gasteiger partial charge is 0.388 e. The molecular formula is C16H17NO3. The zero-order valence-corrected chi connectivity index (χ0v) is 11.5. The van der Waals surface area contributed by atoms with Crippen LogP contribution in [0, 0.1) is 24.0 Å². The molecule has 0 amide bonds. The highest BCUT2D eigenvalue weighted by molar-refractivity contribution is 5.41. The van der Waals surface area contributed by atoms with E-state index in [-0.39, 0.29) is 12.1 Å². The van der Waals surface area contributed by atoms with Gasteiger partial charge in [-0.2, -0.15) is 0 Å². The Bertz CT molecular complexity index is 617. The first-order chi connectivity index (χ1) is 9.47. The number of hydrogen-bond acceptors (Lipinski definition) is 3. The minimum atomic E-state index is -0.741. The molecule has 2 aromatic carbocycles. The second kappa shape index (κ2) is 5.84. The van der Waals surface area contributed by atoms with Gasteiger partial charge in [0.25, 0.3) is 5.69 Å². The first-order valence-corrected chi connectivity index (χ1v) is 6.46. The average Bonchev–Trinajstić information content (AvgIpc) is 2.37. The van der Waals surface area contributed by atoms with E-state index in [9.17, 15) is 15.2 Å². The van der Waals surface area contributed by atoms with Crippen molar-refractivity contribution in [3.05, 3.63) is 74.8 Å². The Hall–Kier alpha value is -2.20. The van der Waals surface area contributed by atoms with Crippen LogP contribution in [-0.4, -0.2) is 10.0 Å². The van der Waals surface area contributed by atoms with Crippen LogP contribution in [0.3, 0.4) is 0 Å². The molecule has 0 saturated heterocycles. The number of para-hydroxylation sites is 1. The highest BCUT2D eigenvalue weighted by Crippen LogP contribution is 2.25. The third kappa shape index (κ3) is 3.22. The van der Waals surface area contributed by atoms with Crippen molar-refractivity contribution in [1.29, 1.82) is 0 Å². The standard InChI is InChI=1S/C16H17NO3/c1-11-7-12(2)9-14(8-11)16(18)10-13-5-3-4-6-15(13)17(19)20/h3-9,16,18H,10H2,1-2H3. The molecule has 0 heterocycles. The van der Waals surface area contributed by atoms with Crippen LogP contribution in [0.5, 0.6) is 0 Å². The van der Waals surface area contributed by atoms with Gasteiger partial charge >= 0.3 is 0 Å². The summed E-state index contributed by atoms with van der Waals surface area (Å²) < 4.78 is 0. The fraction of sp³-hybridized carbons (Fsp3) is 0.250. The van der Waals surface area contributed by atoms with Gasteiger partial charge in [0.1, 0.15) is 0 Å². The molecule has 0 spiro atoms. The molecule has 1 atom stereocenters. The summed E-state index contributed by atoms with van der Waals surface area (Å²) in [5.41, 5.74) is 3.53. The van der Waals surface area contributed by atoms with Crippen LogP contribution < -0.4 is 0 Å². The van der Waals surface area contributed by atoms with E-state index in [2.05, 4.69) is 0 Å². The third-order valence-corrected chi connectivity index (χ3v) is 3.23. The molecule has 2 rings (SSSR count). The van der Waals surface area contributed by atoms with E-state index in [0.717, 1.165) is 16.7 Å². The number of aliphatic hydroxyl groups is 1. The number of rotatable bonds is 4. The molecule has 0 saturated carbocycles. The molecule has 0 bridgehead atoms. The molecule has 0 fully saturated rings. The van der Waals surface area contributed by atoms with E-state index in [1.807, 2.05) is 32.0 Å². The summed E-state index contributed by atoms with van der Waals surface area (Å²) in [6.45, 7) is 3.93. The molecule has 4 heteroatoms. The monoisotopic (exact) mass is 271 g/mol. The van der Waals surface area contributed by atoms with E-state index in [0.29, 0.717) is 5.56 Å². The minimum absolute atomic E-state index is 0.0518. The van der Waals surface area contributed by atoms with Gasteiger partial charge in [0.15, 0.2) is 0 Å². The zero-order chi connectivity index (χ0) is 14.7. The van der Waals surface area contributed by atoms with Crippen molar-refractivity contribution in [2.75, 3.05) is 0 Å². The summed E-state index contributed by atoms with van der Waals surface area (Å²) in [4.78, 5) is 10.6. The molecule has 0 aliphatic heterocycles. The number of nitro groups is 1. The molecule has 20 heavy (non-hydrogen) atoms. The summed E-state index contributed by atoms with van der Waals surface area (Å²) >= 11 is 0. The van der Waals surface area contributed by atoms with Gasteiger partial charge in [-0.25, -0.2) is 0 Å². The first-order valence-electron chi connectivity index (χ1n) is 6.46. The van der Waals surface area contributed by atoms with E-state index in [4.69, 9.17) is 0 Å². The van der Waals surface area contributed by atoms with Gasteiger partial charge in [-0.1, -0.05) is 47.5 Å². The smallest absolute Gasteiger partial charge is 0.272 e. The van der Waals surface area contributed by atoms with Crippen molar-refractivity contribution >= 4 is 5.69 Å². The van der Waals surface area contributed by atoms with Crippen LogP contribution >= 0.6 is 0 Å². The Morgan fingerprint density at radius 1 is 1.15 bits per heavy atom. The lowest BCUT2D eigenvalue weighted by Gasteiger charge is -2.13. The molecule has 1 unspecified atom stereocenters. The quantitative estimate of drug-likeness (QED) is 0.684. The lowest BCUT2D eigenvalue weighted by Crippen LogP contribution is -2.05. The number of aryl methyl sites for hydroxylation is 2. The predicted octanol–water partition coefficient (Wildman–Crippen LogP) is 3.49. The van der Waals surface area contributed by atoms with E-state index < -0.39 is 11.0 Å². The van der Waals surface area contributed by atoms with Crippen LogP contribution in [-0.2, 0) is 6.42 Å². The number of benzene rings is 2. The second-order valence-corrected chi connectivity index (χ2v) is 5.03. The van der Waals surface area contributed by atoms with Crippen molar-refractivity contribution in [2.24, 2.45) is 0 Å². The lowest BCUT2D eigenvalue weighted by atomic mass is 9.97. The summed E-state index contributed by atoms with van der Waals surface area (Å²) in [5, 5.41) is 21.3. The summed E-state index contributed by atoms with van der Waals surface area (Å²) in [6, 6.07) is 12.4. The average molecular weight is 271 g/mol. The van der Waals surface area contributed by atoms with Gasteiger partial charge in [0.2, 0.25) is 0 Å². The van der Waals surface area contributed by atoms with Crippen LogP contribution in [0.1, 0.15) is 28.4 Å². The highest BCUT2D eigenvalue weighted by Gasteiger charge is 2.17. The fourth-order valence-corrected chi connectivity index (χ4v) is 2.39. The van der Waals surface area contributed by atoms with E-state index in [1.54, 1.807) is 18.2 Å². The maximum absolute atomic E-state index is 11.0. The number of aliphatic hydroxyl groups excluding tert-OH is 1. The van der Waals surface area contributed by atoms with Crippen molar-refractivity contribution in [2.45, 2.75) is 26.4 Å². The Morgan fingerprint density at radius 2 is 1.75 bits per heavy atom. The van der Waals surface area contributed by atoms with Crippen molar-refractivity contribution < 1.29 is 10.0 Å². The highest BCUT2D eigenvalue weighted by atomic mass is 16.6. The topological polar surface area (TPSA) is 63.4 Å². The SMILES string of the molecule is Cc1cc(C)cc(C(O)Cc2ccccc2[N+](=O)[O-])c1. The number of nitro benzene ring substituents is 1. The van der Waals surface area contributed by atoms with Crippen molar-refractivity contribution in [1.82, 2.24) is 0 Å². The van der Waals surface area contributed by atoms with E-state index in [1.165, 1.54) is 6.07 Å². The zero-order valence-electron chi connectivity index (χ0n) is 11.5. The summed E-state index contributed by atoms with van der Waals surface area (Å²) in [5.74, 6) is 0. The molecule has 0 aliphatic rings. The molecule has 1 N–H and O–H groups in total. The molecule has 2 aromatic rings. The maximum atomic E-state index is 11.0. The van der Waals surface area contributed by atoms with Crippen LogP contribution in [0.4, 0.5) is 5.69 Å². The predicted molar refractivity (Wildman–Crippen MR) is 77.7 cm³/mol. The van der Waals surface area contributed by atoms with Crippen molar-refractivity contribution in [3.63, 3.8) is 0 Å². The molecular weight excluding hydrogens is 254 g/mol. The maximum Gasteiger partial charge on any atom is 0.272 e. The normalized spacial score (nSPS) is 12.2. The first kappa shape index (κ1) is 14.2. The lowest BCUT2D eigenvalue weighted by molar-refractivity contribution is -0.385. The van der Waals surface area contributed by atoms with Gasteiger partial charge in [0, 0.05) is 18.1 Å². The molecule has 0 aliphatic carbocycles. The van der Waals surface area contributed by atoms with Crippen LogP contribution in [0.2, 0.25) is 0 Å². The van der Waals surface area contributed by atoms with Crippen LogP contribution in [0.25, 0.3) is 0 Å². The Morgan fingerprint density at radius 3 is 2.35 bits per heavy atom. The van der Waals surface area contributed by atoms with Gasteiger partial charge in [-0.3, -0.25) is 10.1 Å². The van der Waals surface area contributed by atoms with Crippen LogP contribution in [0.15, 0.2) is 42.5 Å². The fourth-order valence-electron chi connectivity index (χ4n) is 2.39. The van der Waals surface area contributed by atoms with Gasteiger partial charge < -0.3 is 5.11 Å². The Kier molecular flexibility index (Phi) is 4.15. The molecule has 0 aromatic heterocycles. The summed E-state index contributed by atoms with van der Waals surface area (Å²) in [7, 11) is 0. The number of hydrogen-bond donors (Lipinski definition) is 1. The second-order valence-electron chi connectivity index (χ2n) is 5.03. The van der Waals surface area contributed by atoms with Crippen molar-refractivity contribution in [3.8, 4) is 0 Å². The van der Waals surface area contributed by atoms with Gasteiger partial charge in [0.05, 0.1) is 11.0 Å². The molecule has 104 valence electrons. The Labute approximate surface area is 117 Å². The summed E-state index contributed by atoms with van der Waals surface area (Å²) in [6.07, 6.45) is -0.505. The van der Waals surface area contributed by atoms with Gasteiger partial charge in [-0.05, 0) is 19.4 Å². The number of nitrogens with zero attached hydrogens (tertiary/aromatic N) is 1. The van der Waals surface area contributed by atoms with Gasteiger partial charge in [-0.15, -0.1) is 0 Å². The molecule has 4 nitrogen and oxygen atoms in total. The molecule has 0 radical (unpaired) electrons. The minimum Gasteiger partial charge on any atom is -0.388 e. The Balaban J connectivity index is 2.28. The third-order valence-electron chi connectivity index (χ3n) is 3.23.